The molecule has 1 aromatic rings. The molecule has 1 aliphatic rings. The first kappa shape index (κ1) is 11.3. The molecule has 0 saturated heterocycles. The van der Waals surface area contributed by atoms with Crippen molar-refractivity contribution in [2.24, 2.45) is 0 Å². The van der Waals surface area contributed by atoms with Gasteiger partial charge in [-0.25, -0.2) is 4.98 Å². The van der Waals surface area contributed by atoms with Crippen molar-refractivity contribution in [2.45, 2.75) is 44.6 Å². The van der Waals surface area contributed by atoms with Gasteiger partial charge in [-0.15, -0.1) is 0 Å². The number of aromatic nitrogens is 2. The molecule has 2 rings (SSSR count). The van der Waals surface area contributed by atoms with Crippen LogP contribution in [0.2, 0.25) is 0 Å². The Morgan fingerprint density at radius 1 is 1.62 bits per heavy atom. The zero-order valence-corrected chi connectivity index (χ0v) is 10.2. The highest BCUT2D eigenvalue weighted by Crippen LogP contribution is 2.39. The summed E-state index contributed by atoms with van der Waals surface area (Å²) in [5.74, 6) is 0.623. The molecule has 0 amide bonds. The molecule has 0 atom stereocenters. The lowest BCUT2D eigenvalue weighted by Gasteiger charge is -2.23. The van der Waals surface area contributed by atoms with E-state index in [0.717, 1.165) is 5.82 Å². The lowest BCUT2D eigenvalue weighted by Crippen LogP contribution is -2.33. The largest absolute Gasteiger partial charge is 0.481 e. The molecule has 0 aliphatic heterocycles. The molecule has 16 heavy (non-hydrogen) atoms. The predicted octanol–water partition coefficient (Wildman–Crippen LogP) is 2.08. The van der Waals surface area contributed by atoms with E-state index < -0.39 is 11.5 Å². The van der Waals surface area contributed by atoms with Gasteiger partial charge in [0.1, 0.15) is 5.82 Å². The van der Waals surface area contributed by atoms with Crippen LogP contribution in [0.1, 0.15) is 44.9 Å². The number of aliphatic carboxylic acids is 1. The van der Waals surface area contributed by atoms with Crippen LogP contribution in [0.5, 0.6) is 0 Å². The Morgan fingerprint density at radius 2 is 2.31 bits per heavy atom. The molecule has 0 unspecified atom stereocenters. The number of carboxylic acids is 1. The second-order valence-electron chi connectivity index (χ2n) is 4.81. The first-order valence-electron chi connectivity index (χ1n) is 5.30. The van der Waals surface area contributed by atoms with Crippen LogP contribution >= 0.6 is 11.5 Å². The quantitative estimate of drug-likeness (QED) is 0.825. The normalized spacial score (nSPS) is 16.1. The number of hydrogen-bond donors (Lipinski definition) is 2. The summed E-state index contributed by atoms with van der Waals surface area (Å²) >= 11 is 1.31. The Kier molecular flexibility index (Phi) is 2.84. The van der Waals surface area contributed by atoms with Crippen LogP contribution in [0.25, 0.3) is 0 Å². The molecule has 1 aromatic heterocycles. The third-order valence-corrected chi connectivity index (χ3v) is 3.07. The van der Waals surface area contributed by atoms with Crippen molar-refractivity contribution < 1.29 is 9.90 Å². The second kappa shape index (κ2) is 4.01. The minimum Gasteiger partial charge on any atom is -0.481 e. The average molecular weight is 241 g/mol. The van der Waals surface area contributed by atoms with E-state index in [2.05, 4.69) is 14.7 Å². The molecule has 1 aliphatic carbocycles. The SMILES string of the molecule is CC(C)(CC(=O)O)Nc1nc(C2CC2)ns1. The monoisotopic (exact) mass is 241 g/mol. The second-order valence-corrected chi connectivity index (χ2v) is 5.56. The molecule has 0 bridgehead atoms. The topological polar surface area (TPSA) is 75.1 Å². The van der Waals surface area contributed by atoms with Crippen molar-refractivity contribution in [2.75, 3.05) is 5.32 Å². The summed E-state index contributed by atoms with van der Waals surface area (Å²) in [5.41, 5.74) is -0.494. The van der Waals surface area contributed by atoms with Gasteiger partial charge in [-0.2, -0.15) is 4.37 Å². The summed E-state index contributed by atoms with van der Waals surface area (Å²) in [6.07, 6.45) is 2.41. The fraction of sp³-hybridized carbons (Fsp3) is 0.700. The van der Waals surface area contributed by atoms with E-state index in [4.69, 9.17) is 5.11 Å². The van der Waals surface area contributed by atoms with Gasteiger partial charge in [-0.1, -0.05) is 0 Å². The summed E-state index contributed by atoms with van der Waals surface area (Å²) < 4.78 is 4.26. The van der Waals surface area contributed by atoms with E-state index in [0.29, 0.717) is 11.0 Å². The minimum atomic E-state index is -0.815. The van der Waals surface area contributed by atoms with Crippen LogP contribution in [0.3, 0.4) is 0 Å². The van der Waals surface area contributed by atoms with E-state index in [1.165, 1.54) is 24.4 Å². The van der Waals surface area contributed by atoms with Crippen LogP contribution in [0.4, 0.5) is 5.13 Å². The van der Waals surface area contributed by atoms with Gasteiger partial charge in [0, 0.05) is 23.0 Å². The van der Waals surface area contributed by atoms with Gasteiger partial charge in [0.25, 0.3) is 0 Å². The maximum absolute atomic E-state index is 10.7. The highest BCUT2D eigenvalue weighted by atomic mass is 32.1. The number of nitrogens with zero attached hydrogens (tertiary/aromatic N) is 2. The first-order valence-corrected chi connectivity index (χ1v) is 6.07. The number of rotatable bonds is 5. The number of anilines is 1. The number of nitrogens with one attached hydrogen (secondary N) is 1. The molecular weight excluding hydrogens is 226 g/mol. The van der Waals surface area contributed by atoms with Crippen molar-refractivity contribution in [1.82, 2.24) is 9.36 Å². The van der Waals surface area contributed by atoms with E-state index >= 15 is 0 Å². The zero-order chi connectivity index (χ0) is 11.8. The maximum atomic E-state index is 10.7. The van der Waals surface area contributed by atoms with Gasteiger partial charge < -0.3 is 10.4 Å². The number of carboxylic acid groups (broad SMARTS) is 1. The van der Waals surface area contributed by atoms with Gasteiger partial charge in [-0.3, -0.25) is 4.79 Å². The first-order chi connectivity index (χ1) is 7.46. The molecule has 6 heteroatoms. The lowest BCUT2D eigenvalue weighted by atomic mass is 10.0. The molecule has 88 valence electrons. The smallest absolute Gasteiger partial charge is 0.305 e. The standard InChI is InChI=1S/C10H15N3O2S/c1-10(2,5-7(14)15)12-9-11-8(13-16-9)6-3-4-6/h6H,3-5H2,1-2H3,(H,14,15)(H,11,12,13). The molecule has 1 fully saturated rings. The zero-order valence-electron chi connectivity index (χ0n) is 9.36. The van der Waals surface area contributed by atoms with Crippen LogP contribution in [-0.4, -0.2) is 26.0 Å². The molecule has 0 spiro atoms. The van der Waals surface area contributed by atoms with E-state index in [9.17, 15) is 4.79 Å². The molecule has 1 heterocycles. The summed E-state index contributed by atoms with van der Waals surface area (Å²) in [6.45, 7) is 3.69. The van der Waals surface area contributed by atoms with Crippen molar-refractivity contribution >= 4 is 22.6 Å². The van der Waals surface area contributed by atoms with Gasteiger partial charge in [0.05, 0.1) is 6.42 Å². The highest BCUT2D eigenvalue weighted by Gasteiger charge is 2.29. The Bertz CT molecular complexity index is 399. The Morgan fingerprint density at radius 3 is 2.88 bits per heavy atom. The molecular formula is C10H15N3O2S. The van der Waals surface area contributed by atoms with Crippen LogP contribution in [0, 0.1) is 0 Å². The predicted molar refractivity (Wildman–Crippen MR) is 61.8 cm³/mol. The molecule has 0 aromatic carbocycles. The minimum absolute atomic E-state index is 0.0609. The van der Waals surface area contributed by atoms with Gasteiger partial charge in [0.15, 0.2) is 0 Å². The molecule has 0 radical (unpaired) electrons. The molecule has 1 saturated carbocycles. The third kappa shape index (κ3) is 2.91. The maximum Gasteiger partial charge on any atom is 0.305 e. The van der Waals surface area contributed by atoms with Crippen LogP contribution in [0.15, 0.2) is 0 Å². The molecule has 2 N–H and O–H groups in total. The molecule has 5 nitrogen and oxygen atoms in total. The number of hydrogen-bond acceptors (Lipinski definition) is 5. The fourth-order valence-corrected chi connectivity index (χ4v) is 2.33. The number of carbonyl (C=O) groups is 1. The fourth-order valence-electron chi connectivity index (χ4n) is 1.50. The Balaban J connectivity index is 1.98. The van der Waals surface area contributed by atoms with Gasteiger partial charge in [0.2, 0.25) is 5.13 Å². The van der Waals surface area contributed by atoms with E-state index in [1.54, 1.807) is 0 Å². The summed E-state index contributed by atoms with van der Waals surface area (Å²) in [4.78, 5) is 15.0. The summed E-state index contributed by atoms with van der Waals surface area (Å²) in [6, 6.07) is 0. The summed E-state index contributed by atoms with van der Waals surface area (Å²) in [7, 11) is 0. The van der Waals surface area contributed by atoms with Crippen molar-refractivity contribution in [1.29, 1.82) is 0 Å². The average Bonchev–Trinajstić information content (AvgIpc) is 2.86. The van der Waals surface area contributed by atoms with Gasteiger partial charge in [-0.05, 0) is 26.7 Å². The summed E-state index contributed by atoms with van der Waals surface area (Å²) in [5, 5.41) is 12.6. The highest BCUT2D eigenvalue weighted by molar-refractivity contribution is 7.09. The van der Waals surface area contributed by atoms with Crippen molar-refractivity contribution in [3.05, 3.63) is 5.82 Å². The van der Waals surface area contributed by atoms with Gasteiger partial charge >= 0.3 is 5.97 Å². The third-order valence-electron chi connectivity index (χ3n) is 2.42. The Hall–Kier alpha value is -1.17. The van der Waals surface area contributed by atoms with Crippen molar-refractivity contribution in [3.63, 3.8) is 0 Å². The van der Waals surface area contributed by atoms with E-state index in [1.807, 2.05) is 13.8 Å². The van der Waals surface area contributed by atoms with Crippen molar-refractivity contribution in [3.8, 4) is 0 Å². The Labute approximate surface area is 98.1 Å². The van der Waals surface area contributed by atoms with Crippen LogP contribution < -0.4 is 5.32 Å². The van der Waals surface area contributed by atoms with E-state index in [-0.39, 0.29) is 6.42 Å². The lowest BCUT2D eigenvalue weighted by molar-refractivity contribution is -0.137. The van der Waals surface area contributed by atoms with Crippen LogP contribution in [-0.2, 0) is 4.79 Å².